The first-order valence-electron chi connectivity index (χ1n) is 9.75. The molecule has 0 aromatic carbocycles. The molecule has 0 aliphatic heterocycles. The van der Waals surface area contributed by atoms with E-state index in [4.69, 9.17) is 0 Å². The smallest absolute Gasteiger partial charge is 0.238 e. The number of thiophene rings is 1. The third-order valence-corrected chi connectivity index (χ3v) is 6.70. The molecule has 1 aromatic heterocycles. The zero-order chi connectivity index (χ0) is 17.6. The van der Waals surface area contributed by atoms with Gasteiger partial charge in [-0.15, -0.1) is 11.3 Å². The molecular formula is C20H29N3OS. The van der Waals surface area contributed by atoms with Gasteiger partial charge in [0.05, 0.1) is 12.1 Å². The minimum Gasteiger partial charge on any atom is -0.315 e. The normalized spacial score (nSPS) is 21.7. The molecule has 25 heavy (non-hydrogen) atoms. The highest BCUT2D eigenvalue weighted by Gasteiger charge is 2.24. The first kappa shape index (κ1) is 18.4. The van der Waals surface area contributed by atoms with Crippen LogP contribution >= 0.6 is 11.3 Å². The molecule has 0 unspecified atom stereocenters. The summed E-state index contributed by atoms with van der Waals surface area (Å²) in [5.41, 5.74) is 1.88. The van der Waals surface area contributed by atoms with Crippen molar-refractivity contribution in [2.45, 2.75) is 77.2 Å². The summed E-state index contributed by atoms with van der Waals surface area (Å²) in [5.74, 6) is 0.646. The first-order valence-corrected chi connectivity index (χ1v) is 10.6. The van der Waals surface area contributed by atoms with Gasteiger partial charge < -0.3 is 10.6 Å². The third kappa shape index (κ3) is 4.83. The van der Waals surface area contributed by atoms with Gasteiger partial charge in [-0.25, -0.2) is 0 Å². The number of carbonyl (C=O) groups excluding carboxylic acids is 1. The van der Waals surface area contributed by atoms with Gasteiger partial charge in [0.2, 0.25) is 5.91 Å². The molecule has 0 radical (unpaired) electrons. The van der Waals surface area contributed by atoms with E-state index in [0.29, 0.717) is 24.1 Å². The molecule has 1 aromatic rings. The predicted octanol–water partition coefficient (Wildman–Crippen LogP) is 4.39. The van der Waals surface area contributed by atoms with Crippen LogP contribution in [0.2, 0.25) is 0 Å². The summed E-state index contributed by atoms with van der Waals surface area (Å²) in [4.78, 5) is 13.7. The molecule has 2 aliphatic rings. The Kier molecular flexibility index (Phi) is 6.50. The highest BCUT2D eigenvalue weighted by molar-refractivity contribution is 7.16. The van der Waals surface area contributed by atoms with E-state index in [1.807, 2.05) is 0 Å². The van der Waals surface area contributed by atoms with Gasteiger partial charge in [0.1, 0.15) is 11.1 Å². The minimum atomic E-state index is -0.0230. The van der Waals surface area contributed by atoms with Gasteiger partial charge in [-0.2, -0.15) is 5.26 Å². The van der Waals surface area contributed by atoms with Gasteiger partial charge in [-0.3, -0.25) is 4.79 Å². The van der Waals surface area contributed by atoms with E-state index in [1.165, 1.54) is 55.4 Å². The van der Waals surface area contributed by atoms with Crippen molar-refractivity contribution in [2.75, 3.05) is 11.9 Å². The number of hydrogen-bond donors (Lipinski definition) is 2. The zero-order valence-electron chi connectivity index (χ0n) is 15.2. The summed E-state index contributed by atoms with van der Waals surface area (Å²) in [7, 11) is 0. The Bertz CT molecular complexity index is 638. The maximum Gasteiger partial charge on any atom is 0.238 e. The Balaban J connectivity index is 1.57. The van der Waals surface area contributed by atoms with Crippen molar-refractivity contribution >= 4 is 22.2 Å². The van der Waals surface area contributed by atoms with Crippen LogP contribution in [0.4, 0.5) is 5.00 Å². The molecule has 3 rings (SSSR count). The van der Waals surface area contributed by atoms with Gasteiger partial charge in [-0.05, 0) is 43.6 Å². The molecule has 2 aliphatic carbocycles. The SMILES string of the molecule is C[C@@H]1CCc2c(sc(NC(=O)CNC3CCCCCCC3)c2C#N)C1. The molecule has 5 heteroatoms. The second-order valence-corrected chi connectivity index (χ2v) is 8.74. The van der Waals surface area contributed by atoms with Gasteiger partial charge >= 0.3 is 0 Å². The summed E-state index contributed by atoms with van der Waals surface area (Å²) in [5, 5.41) is 16.7. The van der Waals surface area contributed by atoms with E-state index in [2.05, 4.69) is 23.6 Å². The van der Waals surface area contributed by atoms with Crippen LogP contribution < -0.4 is 10.6 Å². The molecule has 2 N–H and O–H groups in total. The summed E-state index contributed by atoms with van der Waals surface area (Å²) < 4.78 is 0. The predicted molar refractivity (Wildman–Crippen MR) is 103 cm³/mol. The fraction of sp³-hybridized carbons (Fsp3) is 0.700. The molecule has 136 valence electrons. The van der Waals surface area contributed by atoms with Crippen molar-refractivity contribution in [3.63, 3.8) is 0 Å². The second kappa shape index (κ2) is 8.82. The average molecular weight is 360 g/mol. The summed E-state index contributed by atoms with van der Waals surface area (Å²) in [6, 6.07) is 2.78. The quantitative estimate of drug-likeness (QED) is 0.838. The van der Waals surface area contributed by atoms with E-state index in [9.17, 15) is 10.1 Å². The van der Waals surface area contributed by atoms with Crippen molar-refractivity contribution in [1.82, 2.24) is 5.32 Å². The lowest BCUT2D eigenvalue weighted by atomic mass is 9.89. The van der Waals surface area contributed by atoms with Crippen LogP contribution in [0.3, 0.4) is 0 Å². The van der Waals surface area contributed by atoms with E-state index in [0.717, 1.165) is 24.3 Å². The van der Waals surface area contributed by atoms with E-state index in [-0.39, 0.29) is 5.91 Å². The number of rotatable bonds is 4. The number of amides is 1. The molecular weight excluding hydrogens is 330 g/mol. The largest absolute Gasteiger partial charge is 0.315 e. The Morgan fingerprint density at radius 1 is 1.20 bits per heavy atom. The lowest BCUT2D eigenvalue weighted by Gasteiger charge is -2.20. The molecule has 1 amide bonds. The highest BCUT2D eigenvalue weighted by atomic mass is 32.1. The van der Waals surface area contributed by atoms with Crippen LogP contribution in [0.1, 0.15) is 74.3 Å². The second-order valence-electron chi connectivity index (χ2n) is 7.64. The minimum absolute atomic E-state index is 0.0230. The number of nitrogens with one attached hydrogen (secondary N) is 2. The molecule has 0 bridgehead atoms. The first-order chi connectivity index (χ1) is 12.2. The van der Waals surface area contributed by atoms with Gasteiger partial charge in [-0.1, -0.05) is 39.0 Å². The van der Waals surface area contributed by atoms with Crippen LogP contribution in [-0.4, -0.2) is 18.5 Å². The Labute approximate surface area is 155 Å². The van der Waals surface area contributed by atoms with Crippen LogP contribution in [0.25, 0.3) is 0 Å². The van der Waals surface area contributed by atoms with Crippen molar-refractivity contribution in [3.8, 4) is 6.07 Å². The Hall–Kier alpha value is -1.38. The number of fused-ring (bicyclic) bond motifs is 1. The highest BCUT2D eigenvalue weighted by Crippen LogP contribution is 2.39. The van der Waals surface area contributed by atoms with Gasteiger partial charge in [0.25, 0.3) is 0 Å². The number of anilines is 1. The van der Waals surface area contributed by atoms with Crippen LogP contribution in [0.15, 0.2) is 0 Å². The standard InChI is InChI=1S/C20H29N3OS/c1-14-9-10-16-17(12-21)20(25-18(16)11-14)23-19(24)13-22-15-7-5-3-2-4-6-8-15/h14-15,22H,2-11,13H2,1H3,(H,23,24)/t14-/m1/s1. The lowest BCUT2D eigenvalue weighted by Crippen LogP contribution is -2.36. The lowest BCUT2D eigenvalue weighted by molar-refractivity contribution is -0.115. The summed E-state index contributed by atoms with van der Waals surface area (Å²) in [6.45, 7) is 2.60. The van der Waals surface area contributed by atoms with E-state index in [1.54, 1.807) is 11.3 Å². The van der Waals surface area contributed by atoms with Crippen LogP contribution in [0, 0.1) is 17.2 Å². The number of hydrogen-bond acceptors (Lipinski definition) is 4. The molecule has 0 saturated heterocycles. The zero-order valence-corrected chi connectivity index (χ0v) is 16.0. The fourth-order valence-corrected chi connectivity index (χ4v) is 5.40. The van der Waals surface area contributed by atoms with Crippen LogP contribution in [-0.2, 0) is 17.6 Å². The molecule has 1 fully saturated rings. The Morgan fingerprint density at radius 2 is 1.92 bits per heavy atom. The number of nitriles is 1. The van der Waals surface area contributed by atoms with E-state index < -0.39 is 0 Å². The molecule has 1 atom stereocenters. The molecule has 0 spiro atoms. The van der Waals surface area contributed by atoms with Gasteiger partial charge in [0, 0.05) is 10.9 Å². The van der Waals surface area contributed by atoms with E-state index >= 15 is 0 Å². The van der Waals surface area contributed by atoms with Crippen molar-refractivity contribution in [2.24, 2.45) is 5.92 Å². The maximum atomic E-state index is 12.4. The maximum absolute atomic E-state index is 12.4. The molecule has 4 nitrogen and oxygen atoms in total. The summed E-state index contributed by atoms with van der Waals surface area (Å²) in [6.07, 6.45) is 12.0. The summed E-state index contributed by atoms with van der Waals surface area (Å²) >= 11 is 1.60. The topological polar surface area (TPSA) is 64.9 Å². The third-order valence-electron chi connectivity index (χ3n) is 5.53. The Morgan fingerprint density at radius 3 is 2.64 bits per heavy atom. The average Bonchev–Trinajstić information content (AvgIpc) is 2.89. The van der Waals surface area contributed by atoms with Crippen molar-refractivity contribution in [1.29, 1.82) is 5.26 Å². The van der Waals surface area contributed by atoms with Crippen molar-refractivity contribution in [3.05, 3.63) is 16.0 Å². The molecule has 1 heterocycles. The number of carbonyl (C=O) groups is 1. The number of nitrogens with zero attached hydrogens (tertiary/aromatic N) is 1. The monoisotopic (exact) mass is 359 g/mol. The fourth-order valence-electron chi connectivity index (χ4n) is 4.03. The van der Waals surface area contributed by atoms with Gasteiger partial charge in [0.15, 0.2) is 0 Å². The van der Waals surface area contributed by atoms with Crippen LogP contribution in [0.5, 0.6) is 0 Å². The molecule has 1 saturated carbocycles. The van der Waals surface area contributed by atoms with Crippen molar-refractivity contribution < 1.29 is 4.79 Å².